The molecule has 0 aliphatic carbocycles. The number of aliphatic imine (C=N–C) groups is 1. The summed E-state index contributed by atoms with van der Waals surface area (Å²) in [4.78, 5) is 4.11. The molecule has 1 aromatic rings. The standard InChI is InChI=1S/C10H18N4O/c1-4-12-10(11)13-6-8-5-9(7(2)3)14-15-8/h5,7H,4,6H2,1-3H3,(H3,11,12,13). The summed E-state index contributed by atoms with van der Waals surface area (Å²) in [5.41, 5.74) is 6.52. The number of hydrogen-bond donors (Lipinski definition) is 2. The molecule has 0 saturated heterocycles. The Morgan fingerprint density at radius 2 is 2.40 bits per heavy atom. The molecule has 0 amide bonds. The molecular weight excluding hydrogens is 192 g/mol. The Morgan fingerprint density at radius 1 is 1.67 bits per heavy atom. The topological polar surface area (TPSA) is 76.4 Å². The average Bonchev–Trinajstić information content (AvgIpc) is 2.63. The van der Waals surface area contributed by atoms with Crippen molar-refractivity contribution in [1.82, 2.24) is 10.5 Å². The van der Waals surface area contributed by atoms with Crippen molar-refractivity contribution in [2.75, 3.05) is 6.54 Å². The molecule has 0 aromatic carbocycles. The molecule has 0 radical (unpaired) electrons. The number of nitrogens with two attached hydrogens (primary N) is 1. The fourth-order valence-electron chi connectivity index (χ4n) is 1.08. The molecule has 5 heteroatoms. The van der Waals surface area contributed by atoms with Gasteiger partial charge >= 0.3 is 0 Å². The van der Waals surface area contributed by atoms with Crippen LogP contribution in [0.5, 0.6) is 0 Å². The molecule has 0 fully saturated rings. The van der Waals surface area contributed by atoms with E-state index in [2.05, 4.69) is 29.3 Å². The number of nitrogens with one attached hydrogen (secondary N) is 1. The van der Waals surface area contributed by atoms with Crippen LogP contribution in [-0.2, 0) is 6.54 Å². The third kappa shape index (κ3) is 3.61. The normalized spacial score (nSPS) is 12.1. The molecule has 0 bridgehead atoms. The van der Waals surface area contributed by atoms with E-state index in [1.807, 2.05) is 13.0 Å². The first-order valence-electron chi connectivity index (χ1n) is 5.12. The highest BCUT2D eigenvalue weighted by Gasteiger charge is 2.06. The average molecular weight is 210 g/mol. The van der Waals surface area contributed by atoms with E-state index in [-0.39, 0.29) is 0 Å². The summed E-state index contributed by atoms with van der Waals surface area (Å²) in [5, 5.41) is 6.85. The van der Waals surface area contributed by atoms with E-state index < -0.39 is 0 Å². The van der Waals surface area contributed by atoms with E-state index in [1.54, 1.807) is 0 Å². The lowest BCUT2D eigenvalue weighted by Crippen LogP contribution is -2.31. The van der Waals surface area contributed by atoms with Crippen LogP contribution in [0.3, 0.4) is 0 Å². The van der Waals surface area contributed by atoms with Gasteiger partial charge < -0.3 is 15.6 Å². The largest absolute Gasteiger partial charge is 0.370 e. The lowest BCUT2D eigenvalue weighted by atomic mass is 10.1. The quantitative estimate of drug-likeness (QED) is 0.578. The fraction of sp³-hybridized carbons (Fsp3) is 0.600. The van der Waals surface area contributed by atoms with Crippen molar-refractivity contribution in [3.63, 3.8) is 0 Å². The maximum Gasteiger partial charge on any atom is 0.189 e. The fourth-order valence-corrected chi connectivity index (χ4v) is 1.08. The smallest absolute Gasteiger partial charge is 0.189 e. The van der Waals surface area contributed by atoms with Crippen LogP contribution >= 0.6 is 0 Å². The van der Waals surface area contributed by atoms with Crippen molar-refractivity contribution < 1.29 is 4.52 Å². The summed E-state index contributed by atoms with van der Waals surface area (Å²) < 4.78 is 5.11. The van der Waals surface area contributed by atoms with Gasteiger partial charge in [-0.05, 0) is 12.8 Å². The van der Waals surface area contributed by atoms with E-state index in [0.29, 0.717) is 18.4 Å². The van der Waals surface area contributed by atoms with E-state index >= 15 is 0 Å². The van der Waals surface area contributed by atoms with Crippen LogP contribution in [0.25, 0.3) is 0 Å². The summed E-state index contributed by atoms with van der Waals surface area (Å²) in [6, 6.07) is 1.91. The van der Waals surface area contributed by atoms with Gasteiger partial charge in [-0.3, -0.25) is 0 Å². The molecule has 1 heterocycles. The van der Waals surface area contributed by atoms with Crippen molar-refractivity contribution in [2.45, 2.75) is 33.2 Å². The molecule has 15 heavy (non-hydrogen) atoms. The molecule has 0 unspecified atom stereocenters. The van der Waals surface area contributed by atoms with E-state index in [9.17, 15) is 0 Å². The number of aromatic nitrogens is 1. The SMILES string of the molecule is CCNC(N)=NCc1cc(C(C)C)no1. The van der Waals surface area contributed by atoms with Crippen LogP contribution in [0, 0.1) is 0 Å². The van der Waals surface area contributed by atoms with Crippen LogP contribution in [-0.4, -0.2) is 17.7 Å². The molecule has 0 aliphatic rings. The predicted octanol–water partition coefficient (Wildman–Crippen LogP) is 1.22. The van der Waals surface area contributed by atoms with Crippen molar-refractivity contribution in [2.24, 2.45) is 10.7 Å². The summed E-state index contributed by atoms with van der Waals surface area (Å²) in [6.07, 6.45) is 0. The summed E-state index contributed by atoms with van der Waals surface area (Å²) in [5.74, 6) is 1.54. The first kappa shape index (κ1) is 11.6. The third-order valence-corrected chi connectivity index (χ3v) is 1.93. The van der Waals surface area contributed by atoms with E-state index in [0.717, 1.165) is 18.0 Å². The maximum atomic E-state index is 5.58. The van der Waals surface area contributed by atoms with Gasteiger partial charge in [-0.15, -0.1) is 0 Å². The number of hydrogen-bond acceptors (Lipinski definition) is 3. The van der Waals surface area contributed by atoms with Gasteiger partial charge in [0.15, 0.2) is 11.7 Å². The van der Waals surface area contributed by atoms with Crippen LogP contribution in [0.4, 0.5) is 0 Å². The predicted molar refractivity (Wildman–Crippen MR) is 59.6 cm³/mol. The Bertz CT molecular complexity index is 330. The van der Waals surface area contributed by atoms with Crippen LogP contribution in [0.15, 0.2) is 15.6 Å². The summed E-state index contributed by atoms with van der Waals surface area (Å²) in [6.45, 7) is 7.30. The van der Waals surface area contributed by atoms with Gasteiger partial charge in [-0.1, -0.05) is 19.0 Å². The Morgan fingerprint density at radius 3 is 2.93 bits per heavy atom. The van der Waals surface area contributed by atoms with Gasteiger partial charge in [0, 0.05) is 12.6 Å². The molecule has 0 aliphatic heterocycles. The van der Waals surface area contributed by atoms with Crippen molar-refractivity contribution in [3.8, 4) is 0 Å². The minimum Gasteiger partial charge on any atom is -0.370 e. The first-order chi connectivity index (χ1) is 7.13. The molecule has 3 N–H and O–H groups in total. The number of rotatable bonds is 4. The Balaban J connectivity index is 2.54. The Hall–Kier alpha value is -1.52. The minimum atomic E-state index is 0.373. The molecule has 0 saturated carbocycles. The summed E-state index contributed by atoms with van der Waals surface area (Å²) in [7, 11) is 0. The third-order valence-electron chi connectivity index (χ3n) is 1.93. The second kappa shape index (κ2) is 5.38. The van der Waals surface area contributed by atoms with Crippen molar-refractivity contribution in [1.29, 1.82) is 0 Å². The van der Waals surface area contributed by atoms with Gasteiger partial charge in [0.2, 0.25) is 0 Å². The zero-order valence-corrected chi connectivity index (χ0v) is 9.45. The van der Waals surface area contributed by atoms with Gasteiger partial charge in [-0.2, -0.15) is 0 Å². The zero-order chi connectivity index (χ0) is 11.3. The van der Waals surface area contributed by atoms with Gasteiger partial charge in [0.1, 0.15) is 6.54 Å². The molecular formula is C10H18N4O. The lowest BCUT2D eigenvalue weighted by Gasteiger charge is -1.99. The number of nitrogens with zero attached hydrogens (tertiary/aromatic N) is 2. The molecule has 0 atom stereocenters. The highest BCUT2D eigenvalue weighted by Crippen LogP contribution is 2.14. The van der Waals surface area contributed by atoms with Gasteiger partial charge in [0.25, 0.3) is 0 Å². The first-order valence-corrected chi connectivity index (χ1v) is 5.12. The van der Waals surface area contributed by atoms with E-state index in [1.165, 1.54) is 0 Å². The molecule has 5 nitrogen and oxygen atoms in total. The lowest BCUT2D eigenvalue weighted by molar-refractivity contribution is 0.376. The van der Waals surface area contributed by atoms with Crippen LogP contribution in [0.1, 0.15) is 38.1 Å². The van der Waals surface area contributed by atoms with E-state index in [4.69, 9.17) is 10.3 Å². The van der Waals surface area contributed by atoms with Gasteiger partial charge in [-0.25, -0.2) is 4.99 Å². The highest BCUT2D eigenvalue weighted by molar-refractivity contribution is 5.77. The maximum absolute atomic E-state index is 5.58. The van der Waals surface area contributed by atoms with Crippen LogP contribution < -0.4 is 11.1 Å². The second-order valence-corrected chi connectivity index (χ2v) is 3.60. The number of guanidine groups is 1. The summed E-state index contributed by atoms with van der Waals surface area (Å²) >= 11 is 0. The highest BCUT2D eigenvalue weighted by atomic mass is 16.5. The monoisotopic (exact) mass is 210 g/mol. The van der Waals surface area contributed by atoms with Crippen molar-refractivity contribution >= 4 is 5.96 Å². The van der Waals surface area contributed by atoms with Gasteiger partial charge in [0.05, 0.1) is 5.69 Å². The Kier molecular flexibility index (Phi) is 4.15. The molecule has 84 valence electrons. The zero-order valence-electron chi connectivity index (χ0n) is 9.45. The molecule has 0 spiro atoms. The minimum absolute atomic E-state index is 0.373. The van der Waals surface area contributed by atoms with Crippen LogP contribution in [0.2, 0.25) is 0 Å². The Labute approximate surface area is 89.7 Å². The van der Waals surface area contributed by atoms with Crippen molar-refractivity contribution in [3.05, 3.63) is 17.5 Å². The molecule has 1 aromatic heterocycles. The second-order valence-electron chi connectivity index (χ2n) is 3.60. The molecule has 1 rings (SSSR count).